The van der Waals surface area contributed by atoms with Crippen molar-refractivity contribution in [2.75, 3.05) is 6.61 Å². The van der Waals surface area contributed by atoms with Crippen molar-refractivity contribution in [3.8, 4) is 5.75 Å². The summed E-state index contributed by atoms with van der Waals surface area (Å²) in [7, 11) is 0. The first-order chi connectivity index (χ1) is 10.0. The van der Waals surface area contributed by atoms with Crippen LogP contribution in [0.1, 0.15) is 45.6 Å². The molecule has 0 fully saturated rings. The Kier molecular flexibility index (Phi) is 7.83. The van der Waals surface area contributed by atoms with Crippen molar-refractivity contribution in [1.82, 2.24) is 5.32 Å². The first-order valence-corrected chi connectivity index (χ1v) is 7.81. The van der Waals surface area contributed by atoms with Crippen molar-refractivity contribution in [3.05, 3.63) is 29.8 Å². The number of rotatable bonds is 9. The Morgan fingerprint density at radius 2 is 1.86 bits per heavy atom. The zero-order valence-electron chi connectivity index (χ0n) is 13.4. The van der Waals surface area contributed by atoms with E-state index in [4.69, 9.17) is 10.5 Å². The molecule has 0 saturated carbocycles. The van der Waals surface area contributed by atoms with Gasteiger partial charge < -0.3 is 15.8 Å². The van der Waals surface area contributed by atoms with E-state index in [0.717, 1.165) is 31.4 Å². The maximum Gasteiger partial charge on any atom is 0.258 e. The van der Waals surface area contributed by atoms with Crippen LogP contribution >= 0.6 is 0 Å². The van der Waals surface area contributed by atoms with E-state index in [0.29, 0.717) is 0 Å². The number of hydrogen-bond acceptors (Lipinski definition) is 3. The number of carbonyl (C=O) groups is 1. The quantitative estimate of drug-likeness (QED) is 0.735. The van der Waals surface area contributed by atoms with Gasteiger partial charge in [-0.05, 0) is 50.3 Å². The van der Waals surface area contributed by atoms with Crippen molar-refractivity contribution in [1.29, 1.82) is 0 Å². The Balaban J connectivity index is 2.36. The van der Waals surface area contributed by atoms with E-state index < -0.39 is 0 Å². The van der Waals surface area contributed by atoms with Crippen LogP contribution in [0.5, 0.6) is 5.75 Å². The fourth-order valence-electron chi connectivity index (χ4n) is 2.06. The number of carbonyl (C=O) groups excluding carboxylic acids is 1. The van der Waals surface area contributed by atoms with E-state index in [1.807, 2.05) is 31.2 Å². The molecular formula is C17H28N2O2. The van der Waals surface area contributed by atoms with Crippen molar-refractivity contribution in [2.24, 2.45) is 5.73 Å². The molecule has 0 aliphatic rings. The molecule has 0 radical (unpaired) electrons. The molecule has 0 spiro atoms. The average Bonchev–Trinajstić information content (AvgIpc) is 2.49. The molecule has 1 atom stereocenters. The molecule has 1 aromatic carbocycles. The minimum Gasteiger partial charge on any atom is -0.484 e. The fraction of sp³-hybridized carbons (Fsp3) is 0.588. The second kappa shape index (κ2) is 9.40. The van der Waals surface area contributed by atoms with Crippen LogP contribution in [0.25, 0.3) is 0 Å². The number of benzene rings is 1. The summed E-state index contributed by atoms with van der Waals surface area (Å²) in [5.74, 6) is 0.656. The average molecular weight is 292 g/mol. The second-order valence-corrected chi connectivity index (χ2v) is 5.53. The Labute approximate surface area is 128 Å². The summed E-state index contributed by atoms with van der Waals surface area (Å²) < 4.78 is 5.50. The zero-order valence-corrected chi connectivity index (χ0v) is 13.4. The van der Waals surface area contributed by atoms with Crippen molar-refractivity contribution >= 4 is 5.91 Å². The van der Waals surface area contributed by atoms with Crippen LogP contribution in [0.4, 0.5) is 0 Å². The lowest BCUT2D eigenvalue weighted by Gasteiger charge is -2.15. The second-order valence-electron chi connectivity index (χ2n) is 5.53. The van der Waals surface area contributed by atoms with E-state index in [1.165, 1.54) is 5.56 Å². The van der Waals surface area contributed by atoms with Gasteiger partial charge in [0.05, 0.1) is 0 Å². The largest absolute Gasteiger partial charge is 0.484 e. The molecule has 4 heteroatoms. The number of hydrogen-bond donors (Lipinski definition) is 2. The van der Waals surface area contributed by atoms with Gasteiger partial charge in [-0.15, -0.1) is 0 Å². The van der Waals surface area contributed by atoms with E-state index in [-0.39, 0.29) is 24.6 Å². The third kappa shape index (κ3) is 7.14. The molecule has 1 aromatic rings. The lowest BCUT2D eigenvalue weighted by Crippen LogP contribution is -2.37. The lowest BCUT2D eigenvalue weighted by atomic mass is 10.1. The van der Waals surface area contributed by atoms with Crippen molar-refractivity contribution in [2.45, 2.75) is 58.5 Å². The molecular weight excluding hydrogens is 264 g/mol. The zero-order chi connectivity index (χ0) is 15.7. The lowest BCUT2D eigenvalue weighted by molar-refractivity contribution is -0.123. The molecule has 0 heterocycles. The molecule has 0 bridgehead atoms. The minimum atomic E-state index is -0.0651. The number of amides is 1. The number of nitrogens with two attached hydrogens (primary N) is 1. The maximum absolute atomic E-state index is 11.7. The summed E-state index contributed by atoms with van der Waals surface area (Å²) in [5, 5.41) is 2.95. The highest BCUT2D eigenvalue weighted by Crippen LogP contribution is 2.13. The summed E-state index contributed by atoms with van der Waals surface area (Å²) in [6, 6.07) is 8.31. The summed E-state index contributed by atoms with van der Waals surface area (Å²) in [6.07, 6.45) is 3.82. The first-order valence-electron chi connectivity index (χ1n) is 7.81. The molecule has 4 nitrogen and oxygen atoms in total. The topological polar surface area (TPSA) is 64.3 Å². The smallest absolute Gasteiger partial charge is 0.258 e. The minimum absolute atomic E-state index is 0.0651. The first kappa shape index (κ1) is 17.5. The van der Waals surface area contributed by atoms with Crippen molar-refractivity contribution in [3.63, 3.8) is 0 Å². The Morgan fingerprint density at radius 1 is 1.24 bits per heavy atom. The number of aryl methyl sites for hydroxylation is 1. The molecule has 1 rings (SSSR count). The van der Waals surface area contributed by atoms with Crippen LogP contribution in [-0.2, 0) is 11.2 Å². The Morgan fingerprint density at radius 3 is 2.38 bits per heavy atom. The van der Waals surface area contributed by atoms with Gasteiger partial charge in [0.25, 0.3) is 5.91 Å². The number of nitrogens with one attached hydrogen (secondary N) is 1. The van der Waals surface area contributed by atoms with Crippen molar-refractivity contribution < 1.29 is 9.53 Å². The molecule has 118 valence electrons. The van der Waals surface area contributed by atoms with E-state index in [9.17, 15) is 4.79 Å². The summed E-state index contributed by atoms with van der Waals surface area (Å²) in [5.41, 5.74) is 6.98. The molecule has 0 saturated heterocycles. The van der Waals surface area contributed by atoms with Gasteiger partial charge in [0.2, 0.25) is 0 Å². The van der Waals surface area contributed by atoms with Gasteiger partial charge in [-0.1, -0.05) is 26.0 Å². The summed E-state index contributed by atoms with van der Waals surface area (Å²) in [6.45, 7) is 6.21. The van der Waals surface area contributed by atoms with E-state index in [1.54, 1.807) is 0 Å². The van der Waals surface area contributed by atoms with Crippen LogP contribution in [-0.4, -0.2) is 24.6 Å². The van der Waals surface area contributed by atoms with Gasteiger partial charge in [0.15, 0.2) is 6.61 Å². The van der Waals surface area contributed by atoms with Crippen LogP contribution in [0, 0.1) is 0 Å². The molecule has 0 aliphatic heterocycles. The molecule has 21 heavy (non-hydrogen) atoms. The predicted molar refractivity (Wildman–Crippen MR) is 86.4 cm³/mol. The normalized spacial score (nSPS) is 12.2. The third-order valence-electron chi connectivity index (χ3n) is 3.53. The number of ether oxygens (including phenoxy) is 1. The van der Waals surface area contributed by atoms with Crippen LogP contribution in [0.15, 0.2) is 24.3 Å². The highest BCUT2D eigenvalue weighted by molar-refractivity contribution is 5.77. The summed E-state index contributed by atoms with van der Waals surface area (Å²) >= 11 is 0. The third-order valence-corrected chi connectivity index (χ3v) is 3.53. The molecule has 0 aliphatic carbocycles. The standard InChI is InChI=1S/C17H28N2O2/c1-4-15(5-2)19-17(20)12-21-16-10-8-14(9-11-16)7-6-13(3)18/h8-11,13,15H,4-7,12,18H2,1-3H3,(H,19,20). The van der Waals surface area contributed by atoms with Gasteiger partial charge in [0, 0.05) is 12.1 Å². The SMILES string of the molecule is CCC(CC)NC(=O)COc1ccc(CCC(C)N)cc1. The predicted octanol–water partition coefficient (Wildman–Crippen LogP) is 2.65. The Bertz CT molecular complexity index is 411. The van der Waals surface area contributed by atoms with E-state index in [2.05, 4.69) is 19.2 Å². The highest BCUT2D eigenvalue weighted by Gasteiger charge is 2.08. The van der Waals surface area contributed by atoms with Gasteiger partial charge in [-0.3, -0.25) is 4.79 Å². The van der Waals surface area contributed by atoms with Gasteiger partial charge in [-0.25, -0.2) is 0 Å². The van der Waals surface area contributed by atoms with E-state index >= 15 is 0 Å². The van der Waals surface area contributed by atoms with Gasteiger partial charge >= 0.3 is 0 Å². The van der Waals surface area contributed by atoms with Gasteiger partial charge in [0.1, 0.15) is 5.75 Å². The molecule has 3 N–H and O–H groups in total. The molecule has 0 aromatic heterocycles. The monoisotopic (exact) mass is 292 g/mol. The van der Waals surface area contributed by atoms with Crippen LogP contribution in [0.2, 0.25) is 0 Å². The Hall–Kier alpha value is -1.55. The van der Waals surface area contributed by atoms with Crippen LogP contribution < -0.4 is 15.8 Å². The molecule has 1 unspecified atom stereocenters. The highest BCUT2D eigenvalue weighted by atomic mass is 16.5. The van der Waals surface area contributed by atoms with Crippen LogP contribution in [0.3, 0.4) is 0 Å². The summed E-state index contributed by atoms with van der Waals surface area (Å²) in [4.78, 5) is 11.7. The molecule has 1 amide bonds. The fourth-order valence-corrected chi connectivity index (χ4v) is 2.06. The van der Waals surface area contributed by atoms with Gasteiger partial charge in [-0.2, -0.15) is 0 Å². The maximum atomic E-state index is 11.7.